The molecule has 2 N–H and O–H groups in total. The molecule has 0 aliphatic rings. The molecule has 0 spiro atoms. The van der Waals surface area contributed by atoms with E-state index >= 15 is 0 Å². The molecule has 2 aromatic heterocycles. The van der Waals surface area contributed by atoms with Crippen LogP contribution in [0.2, 0.25) is 0 Å². The quantitative estimate of drug-likeness (QED) is 0.719. The lowest BCUT2D eigenvalue weighted by atomic mass is 10.2. The normalized spacial score (nSPS) is 10.5. The Kier molecular flexibility index (Phi) is 5.04. The minimum Gasteiger partial charge on any atom is -0.326 e. The van der Waals surface area contributed by atoms with Gasteiger partial charge in [-0.25, -0.2) is 15.0 Å². The monoisotopic (exact) mass is 353 g/mol. The predicted molar refractivity (Wildman–Crippen MR) is 101 cm³/mol. The van der Waals surface area contributed by atoms with E-state index in [1.807, 2.05) is 37.3 Å². The van der Waals surface area contributed by atoms with Gasteiger partial charge in [0, 0.05) is 24.5 Å². The van der Waals surface area contributed by atoms with Crippen LogP contribution in [0.25, 0.3) is 10.6 Å². The number of benzene rings is 1. The number of nitrogens with zero attached hydrogens (tertiary/aromatic N) is 3. The first kappa shape index (κ1) is 17.0. The average molecular weight is 353 g/mol. The van der Waals surface area contributed by atoms with Crippen molar-refractivity contribution in [3.8, 4) is 10.6 Å². The van der Waals surface area contributed by atoms with Crippen LogP contribution in [-0.2, 0) is 11.2 Å². The van der Waals surface area contributed by atoms with Crippen LogP contribution < -0.4 is 10.6 Å². The molecule has 0 aliphatic heterocycles. The lowest BCUT2D eigenvalue weighted by molar-refractivity contribution is -0.114. The average Bonchev–Trinajstić information content (AvgIpc) is 2.97. The molecule has 0 atom stereocenters. The molecule has 7 heteroatoms. The summed E-state index contributed by atoms with van der Waals surface area (Å²) in [6.45, 7) is 5.58. The van der Waals surface area contributed by atoms with Crippen molar-refractivity contribution >= 4 is 34.6 Å². The zero-order chi connectivity index (χ0) is 17.8. The second-order valence-electron chi connectivity index (χ2n) is 5.52. The summed E-state index contributed by atoms with van der Waals surface area (Å²) in [4.78, 5) is 25.6. The van der Waals surface area contributed by atoms with Gasteiger partial charge in [-0.1, -0.05) is 6.92 Å². The Morgan fingerprint density at radius 3 is 2.48 bits per heavy atom. The summed E-state index contributed by atoms with van der Waals surface area (Å²) in [7, 11) is 0. The Hall–Kier alpha value is -2.80. The van der Waals surface area contributed by atoms with Crippen molar-refractivity contribution in [1.29, 1.82) is 0 Å². The zero-order valence-corrected chi connectivity index (χ0v) is 15.1. The maximum atomic E-state index is 11.1. The van der Waals surface area contributed by atoms with Gasteiger partial charge < -0.3 is 10.6 Å². The summed E-state index contributed by atoms with van der Waals surface area (Å²) in [5.41, 5.74) is 3.45. The number of carbonyl (C=O) groups is 1. The van der Waals surface area contributed by atoms with Gasteiger partial charge in [0.25, 0.3) is 0 Å². The van der Waals surface area contributed by atoms with Crippen molar-refractivity contribution in [2.45, 2.75) is 27.2 Å². The summed E-state index contributed by atoms with van der Waals surface area (Å²) in [6, 6.07) is 9.29. The van der Waals surface area contributed by atoms with Crippen LogP contribution in [0.5, 0.6) is 0 Å². The largest absolute Gasteiger partial charge is 0.326 e. The van der Waals surface area contributed by atoms with Gasteiger partial charge in [0.15, 0.2) is 0 Å². The fourth-order valence-corrected chi connectivity index (χ4v) is 3.33. The fraction of sp³-hybridized carbons (Fsp3) is 0.222. The van der Waals surface area contributed by atoms with E-state index in [9.17, 15) is 4.79 Å². The molecule has 3 rings (SSSR count). The predicted octanol–water partition coefficient (Wildman–Crippen LogP) is 4.17. The fourth-order valence-electron chi connectivity index (χ4n) is 2.36. The Labute approximate surface area is 150 Å². The molecule has 0 saturated heterocycles. The van der Waals surface area contributed by atoms with Crippen molar-refractivity contribution in [2.24, 2.45) is 0 Å². The molecular weight excluding hydrogens is 334 g/mol. The van der Waals surface area contributed by atoms with Crippen LogP contribution in [0.1, 0.15) is 24.5 Å². The van der Waals surface area contributed by atoms with Gasteiger partial charge in [-0.3, -0.25) is 4.79 Å². The SMILES string of the molecule is CCc1nc(C)c(-c2ccnc(Nc3ccc(NC(C)=O)cc3)n2)s1. The van der Waals surface area contributed by atoms with Gasteiger partial charge in [0.1, 0.15) is 0 Å². The molecule has 0 radical (unpaired) electrons. The molecule has 1 aromatic carbocycles. The molecule has 128 valence electrons. The van der Waals surface area contributed by atoms with E-state index in [-0.39, 0.29) is 5.91 Å². The number of hydrogen-bond acceptors (Lipinski definition) is 6. The summed E-state index contributed by atoms with van der Waals surface area (Å²) < 4.78 is 0. The standard InChI is InChI=1S/C18H19N5OS/c1-4-16-20-11(2)17(25-16)15-9-10-19-18(23-15)22-14-7-5-13(6-8-14)21-12(3)24/h5-10H,4H2,1-3H3,(H,21,24)(H,19,22,23). The van der Waals surface area contributed by atoms with E-state index in [1.165, 1.54) is 6.92 Å². The van der Waals surface area contributed by atoms with Crippen molar-refractivity contribution in [1.82, 2.24) is 15.0 Å². The molecule has 0 unspecified atom stereocenters. The van der Waals surface area contributed by atoms with Crippen LogP contribution >= 0.6 is 11.3 Å². The highest BCUT2D eigenvalue weighted by Gasteiger charge is 2.11. The summed E-state index contributed by atoms with van der Waals surface area (Å²) in [6.07, 6.45) is 2.66. The minimum atomic E-state index is -0.0943. The number of rotatable bonds is 5. The Morgan fingerprint density at radius 2 is 1.84 bits per heavy atom. The van der Waals surface area contributed by atoms with Gasteiger partial charge in [0.2, 0.25) is 11.9 Å². The second-order valence-corrected chi connectivity index (χ2v) is 6.61. The molecule has 0 fully saturated rings. The Bertz CT molecular complexity index is 889. The van der Waals surface area contributed by atoms with E-state index in [4.69, 9.17) is 0 Å². The molecule has 0 aliphatic carbocycles. The lowest BCUT2D eigenvalue weighted by Crippen LogP contribution is -2.05. The highest BCUT2D eigenvalue weighted by atomic mass is 32.1. The van der Waals surface area contributed by atoms with E-state index in [2.05, 4.69) is 32.5 Å². The summed E-state index contributed by atoms with van der Waals surface area (Å²) in [5, 5.41) is 7.03. The van der Waals surface area contributed by atoms with E-state index in [1.54, 1.807) is 17.5 Å². The number of carbonyl (C=O) groups excluding carboxylic acids is 1. The van der Waals surface area contributed by atoms with Gasteiger partial charge in [0.05, 0.1) is 21.3 Å². The molecule has 25 heavy (non-hydrogen) atoms. The van der Waals surface area contributed by atoms with Crippen molar-refractivity contribution in [3.05, 3.63) is 47.2 Å². The number of nitrogens with one attached hydrogen (secondary N) is 2. The molecule has 1 amide bonds. The number of aryl methyl sites for hydroxylation is 2. The number of anilines is 3. The number of aromatic nitrogens is 3. The van der Waals surface area contributed by atoms with Crippen LogP contribution in [0, 0.1) is 6.92 Å². The van der Waals surface area contributed by atoms with Gasteiger partial charge in [-0.05, 0) is 43.7 Å². The highest BCUT2D eigenvalue weighted by Crippen LogP contribution is 2.29. The topological polar surface area (TPSA) is 79.8 Å². The molecule has 0 saturated carbocycles. The number of hydrogen-bond donors (Lipinski definition) is 2. The molecule has 3 aromatic rings. The summed E-state index contributed by atoms with van der Waals surface area (Å²) in [5.74, 6) is 0.429. The lowest BCUT2D eigenvalue weighted by Gasteiger charge is -2.07. The smallest absolute Gasteiger partial charge is 0.227 e. The first-order valence-corrected chi connectivity index (χ1v) is 8.81. The van der Waals surface area contributed by atoms with Crippen LogP contribution in [-0.4, -0.2) is 20.9 Å². The molecule has 6 nitrogen and oxygen atoms in total. The third-order valence-corrected chi connectivity index (χ3v) is 4.82. The Morgan fingerprint density at radius 1 is 1.12 bits per heavy atom. The zero-order valence-electron chi connectivity index (χ0n) is 14.3. The van der Waals surface area contributed by atoms with Gasteiger partial charge >= 0.3 is 0 Å². The molecule has 0 bridgehead atoms. The van der Waals surface area contributed by atoms with Gasteiger partial charge in [-0.2, -0.15) is 0 Å². The third kappa shape index (κ3) is 4.19. The first-order valence-electron chi connectivity index (χ1n) is 7.99. The van der Waals surface area contributed by atoms with E-state index in [0.717, 1.165) is 39.1 Å². The van der Waals surface area contributed by atoms with Crippen LogP contribution in [0.15, 0.2) is 36.5 Å². The highest BCUT2D eigenvalue weighted by molar-refractivity contribution is 7.15. The van der Waals surface area contributed by atoms with Gasteiger partial charge in [-0.15, -0.1) is 11.3 Å². The first-order chi connectivity index (χ1) is 12.0. The van der Waals surface area contributed by atoms with Crippen LogP contribution in [0.4, 0.5) is 17.3 Å². The maximum absolute atomic E-state index is 11.1. The molecular formula is C18H19N5OS. The van der Waals surface area contributed by atoms with Crippen molar-refractivity contribution in [2.75, 3.05) is 10.6 Å². The Balaban J connectivity index is 1.79. The third-order valence-electron chi connectivity index (χ3n) is 3.49. The number of amides is 1. The second kappa shape index (κ2) is 7.40. The van der Waals surface area contributed by atoms with E-state index < -0.39 is 0 Å². The van der Waals surface area contributed by atoms with Crippen molar-refractivity contribution in [3.63, 3.8) is 0 Å². The van der Waals surface area contributed by atoms with Crippen molar-refractivity contribution < 1.29 is 4.79 Å². The van der Waals surface area contributed by atoms with E-state index in [0.29, 0.717) is 5.95 Å². The number of thiazole rings is 1. The van der Waals surface area contributed by atoms with Crippen LogP contribution in [0.3, 0.4) is 0 Å². The maximum Gasteiger partial charge on any atom is 0.227 e. The minimum absolute atomic E-state index is 0.0943. The molecule has 2 heterocycles. The summed E-state index contributed by atoms with van der Waals surface area (Å²) >= 11 is 1.67.